The van der Waals surface area contributed by atoms with Gasteiger partial charge in [0, 0.05) is 5.56 Å². The highest BCUT2D eigenvalue weighted by atomic mass is 32.2. The average molecular weight is 270 g/mol. The van der Waals surface area contributed by atoms with Gasteiger partial charge in [0.25, 0.3) is 0 Å². The van der Waals surface area contributed by atoms with Crippen LogP contribution in [-0.4, -0.2) is 26.6 Å². The van der Waals surface area contributed by atoms with E-state index >= 15 is 0 Å². The third kappa shape index (κ3) is 4.46. The van der Waals surface area contributed by atoms with E-state index in [1.807, 2.05) is 0 Å². The number of amides is 1. The first kappa shape index (κ1) is 14.7. The number of carbonyl (C=O) groups excluding carboxylic acids is 1. The van der Waals surface area contributed by atoms with E-state index in [2.05, 4.69) is 0 Å². The molecule has 4 N–H and O–H groups in total. The van der Waals surface area contributed by atoms with Gasteiger partial charge in [-0.25, -0.2) is 8.42 Å². The fraction of sp³-hybridized carbons (Fsp3) is 0.417. The van der Waals surface area contributed by atoms with Crippen LogP contribution in [0.4, 0.5) is 0 Å². The highest BCUT2D eigenvalue weighted by molar-refractivity contribution is 7.90. The van der Waals surface area contributed by atoms with Gasteiger partial charge >= 0.3 is 0 Å². The molecule has 0 heterocycles. The molecule has 1 aromatic carbocycles. The Balaban J connectivity index is 2.84. The lowest BCUT2D eigenvalue weighted by atomic mass is 10.1. The van der Waals surface area contributed by atoms with Crippen molar-refractivity contribution in [3.8, 4) is 0 Å². The van der Waals surface area contributed by atoms with Gasteiger partial charge in [-0.3, -0.25) is 4.79 Å². The Kier molecular flexibility index (Phi) is 4.86. The first-order chi connectivity index (χ1) is 8.34. The third-order valence-corrected chi connectivity index (χ3v) is 4.39. The van der Waals surface area contributed by atoms with Gasteiger partial charge < -0.3 is 11.5 Å². The molecule has 0 saturated heterocycles. The van der Waals surface area contributed by atoms with Crippen molar-refractivity contribution in [2.45, 2.75) is 12.7 Å². The number of benzene rings is 1. The van der Waals surface area contributed by atoms with Crippen LogP contribution in [0.1, 0.15) is 22.8 Å². The van der Waals surface area contributed by atoms with E-state index in [9.17, 15) is 13.2 Å². The molecule has 1 unspecified atom stereocenters. The fourth-order valence-corrected chi connectivity index (χ4v) is 3.44. The Labute approximate surface area is 107 Å². The van der Waals surface area contributed by atoms with Crippen LogP contribution in [0.2, 0.25) is 0 Å². The summed E-state index contributed by atoms with van der Waals surface area (Å²) in [6.07, 6.45) is 0. The predicted molar refractivity (Wildman–Crippen MR) is 70.7 cm³/mol. The highest BCUT2D eigenvalue weighted by Gasteiger charge is 2.16. The zero-order chi connectivity index (χ0) is 13.8. The van der Waals surface area contributed by atoms with Crippen LogP contribution in [-0.2, 0) is 15.6 Å². The van der Waals surface area contributed by atoms with Crippen LogP contribution in [0.15, 0.2) is 24.3 Å². The van der Waals surface area contributed by atoms with Crippen molar-refractivity contribution >= 4 is 15.7 Å². The van der Waals surface area contributed by atoms with Crippen molar-refractivity contribution in [3.05, 3.63) is 35.4 Å². The molecule has 0 bridgehead atoms. The molecule has 100 valence electrons. The second-order valence-corrected chi connectivity index (χ2v) is 6.57. The molecule has 18 heavy (non-hydrogen) atoms. The second kappa shape index (κ2) is 5.97. The van der Waals surface area contributed by atoms with Crippen molar-refractivity contribution in [1.29, 1.82) is 0 Å². The summed E-state index contributed by atoms with van der Waals surface area (Å²) in [5, 5.41) is 0. The summed E-state index contributed by atoms with van der Waals surface area (Å²) < 4.78 is 23.8. The Morgan fingerprint density at radius 1 is 1.39 bits per heavy atom. The fourth-order valence-electron chi connectivity index (χ4n) is 1.63. The number of hydrogen-bond donors (Lipinski definition) is 2. The summed E-state index contributed by atoms with van der Waals surface area (Å²) in [5.74, 6) is -0.693. The van der Waals surface area contributed by atoms with Crippen LogP contribution in [0.3, 0.4) is 0 Å². The molecule has 0 spiro atoms. The van der Waals surface area contributed by atoms with Crippen molar-refractivity contribution in [2.75, 3.05) is 12.3 Å². The third-order valence-electron chi connectivity index (χ3n) is 2.54. The Morgan fingerprint density at radius 3 is 2.61 bits per heavy atom. The van der Waals surface area contributed by atoms with Crippen LogP contribution >= 0.6 is 0 Å². The van der Waals surface area contributed by atoms with E-state index in [4.69, 9.17) is 11.5 Å². The monoisotopic (exact) mass is 270 g/mol. The zero-order valence-electron chi connectivity index (χ0n) is 10.3. The Hall–Kier alpha value is -1.40. The lowest BCUT2D eigenvalue weighted by molar-refractivity contribution is 0.1000. The molecular formula is C12H18N2O3S. The summed E-state index contributed by atoms with van der Waals surface area (Å²) in [5.41, 5.74) is 11.4. The maximum absolute atomic E-state index is 11.9. The highest BCUT2D eigenvalue weighted by Crippen LogP contribution is 2.11. The van der Waals surface area contributed by atoms with Gasteiger partial charge in [0.15, 0.2) is 9.84 Å². The first-order valence-electron chi connectivity index (χ1n) is 5.63. The minimum Gasteiger partial charge on any atom is -0.366 e. The maximum atomic E-state index is 11.9. The molecule has 0 aromatic heterocycles. The Bertz CT molecular complexity index is 526. The minimum atomic E-state index is -3.22. The summed E-state index contributed by atoms with van der Waals surface area (Å²) in [6.45, 7) is 2.12. The van der Waals surface area contributed by atoms with Crippen LogP contribution < -0.4 is 11.5 Å². The number of nitrogens with two attached hydrogens (primary N) is 2. The molecule has 1 atom stereocenters. The lowest BCUT2D eigenvalue weighted by Gasteiger charge is -2.09. The van der Waals surface area contributed by atoms with E-state index in [1.165, 1.54) is 6.07 Å². The number of carbonyl (C=O) groups is 1. The maximum Gasteiger partial charge on any atom is 0.248 e. The number of rotatable bonds is 6. The zero-order valence-corrected chi connectivity index (χ0v) is 11.1. The second-order valence-electron chi connectivity index (χ2n) is 4.46. The van der Waals surface area contributed by atoms with Crippen molar-refractivity contribution in [2.24, 2.45) is 17.4 Å². The number of sulfone groups is 1. The predicted octanol–water partition coefficient (Wildman–Crippen LogP) is 0.295. The lowest BCUT2D eigenvalue weighted by Crippen LogP contribution is -2.22. The van der Waals surface area contributed by atoms with Crippen molar-refractivity contribution in [3.63, 3.8) is 0 Å². The molecule has 0 aliphatic rings. The van der Waals surface area contributed by atoms with Gasteiger partial charge in [0.2, 0.25) is 5.91 Å². The number of hydrogen-bond acceptors (Lipinski definition) is 4. The van der Waals surface area contributed by atoms with Gasteiger partial charge in [-0.1, -0.05) is 19.1 Å². The normalized spacial score (nSPS) is 13.2. The van der Waals surface area contributed by atoms with Gasteiger partial charge in [0.05, 0.1) is 11.5 Å². The summed E-state index contributed by atoms with van der Waals surface area (Å²) >= 11 is 0. The van der Waals surface area contributed by atoms with E-state index in [-0.39, 0.29) is 17.4 Å². The SMILES string of the molecule is CC(CN)CS(=O)(=O)Cc1cccc(C(N)=O)c1. The quantitative estimate of drug-likeness (QED) is 0.775. The minimum absolute atomic E-state index is 0.0459. The van der Waals surface area contributed by atoms with Gasteiger partial charge in [-0.15, -0.1) is 0 Å². The summed E-state index contributed by atoms with van der Waals surface area (Å²) in [6, 6.07) is 6.35. The summed E-state index contributed by atoms with van der Waals surface area (Å²) in [7, 11) is -3.22. The molecule has 0 saturated carbocycles. The van der Waals surface area contributed by atoms with E-state index in [0.29, 0.717) is 17.7 Å². The Morgan fingerprint density at radius 2 is 2.06 bits per heavy atom. The van der Waals surface area contributed by atoms with E-state index in [1.54, 1.807) is 25.1 Å². The molecule has 1 amide bonds. The standard InChI is InChI=1S/C12H18N2O3S/c1-9(6-13)7-18(16,17)8-10-3-2-4-11(5-10)12(14)15/h2-5,9H,6-8,13H2,1H3,(H2,14,15). The molecule has 0 fully saturated rings. The average Bonchev–Trinajstić information content (AvgIpc) is 2.27. The molecule has 5 nitrogen and oxygen atoms in total. The van der Waals surface area contributed by atoms with Gasteiger partial charge in [-0.2, -0.15) is 0 Å². The van der Waals surface area contributed by atoms with Crippen molar-refractivity contribution in [1.82, 2.24) is 0 Å². The topological polar surface area (TPSA) is 103 Å². The molecule has 1 rings (SSSR count). The molecule has 0 aliphatic carbocycles. The summed E-state index contributed by atoms with van der Waals surface area (Å²) in [4.78, 5) is 11.0. The van der Waals surface area contributed by atoms with Crippen LogP contribution in [0.5, 0.6) is 0 Å². The van der Waals surface area contributed by atoms with Crippen LogP contribution in [0.25, 0.3) is 0 Å². The van der Waals surface area contributed by atoms with E-state index in [0.717, 1.165) is 0 Å². The molecule has 0 aliphatic heterocycles. The smallest absolute Gasteiger partial charge is 0.248 e. The van der Waals surface area contributed by atoms with Crippen molar-refractivity contribution < 1.29 is 13.2 Å². The van der Waals surface area contributed by atoms with Gasteiger partial charge in [-0.05, 0) is 30.2 Å². The van der Waals surface area contributed by atoms with Gasteiger partial charge in [0.1, 0.15) is 0 Å². The van der Waals surface area contributed by atoms with Crippen LogP contribution in [0, 0.1) is 5.92 Å². The van der Waals surface area contributed by atoms with E-state index < -0.39 is 15.7 Å². The molecular weight excluding hydrogens is 252 g/mol. The first-order valence-corrected chi connectivity index (χ1v) is 7.45. The molecule has 1 aromatic rings. The number of primary amides is 1. The molecule has 6 heteroatoms. The largest absolute Gasteiger partial charge is 0.366 e. The molecule has 0 radical (unpaired) electrons.